The number of rotatable bonds is 4. The quantitative estimate of drug-likeness (QED) is 0.173. The van der Waals surface area contributed by atoms with Crippen molar-refractivity contribution in [2.24, 2.45) is 34.5 Å². The van der Waals surface area contributed by atoms with Crippen LogP contribution in [0.5, 0.6) is 0 Å². The zero-order chi connectivity index (χ0) is 40.0. The van der Waals surface area contributed by atoms with Gasteiger partial charge in [0.15, 0.2) is 11.9 Å². The number of carbonyl (C=O) groups is 3. The van der Waals surface area contributed by atoms with E-state index >= 15 is 0 Å². The van der Waals surface area contributed by atoms with Crippen molar-refractivity contribution in [2.45, 2.75) is 170 Å². The highest BCUT2D eigenvalue weighted by Crippen LogP contribution is 2.49. The van der Waals surface area contributed by atoms with Gasteiger partial charge < -0.3 is 33.5 Å². The second-order valence-corrected chi connectivity index (χ2v) is 18.9. The topological polar surface area (TPSA) is 127 Å². The summed E-state index contributed by atoms with van der Waals surface area (Å²) < 4.78 is 38.7. The molecule has 0 saturated carbocycles. The van der Waals surface area contributed by atoms with Crippen molar-refractivity contribution in [1.29, 1.82) is 0 Å². The second kappa shape index (κ2) is 16.0. The molecular weight excluding hydrogens is 688 g/mol. The number of aliphatic hydroxyl groups is 1. The molecule has 12 atom stereocenters. The fourth-order valence-corrected chi connectivity index (χ4v) is 8.46. The van der Waals surface area contributed by atoms with E-state index in [0.29, 0.717) is 48.7 Å². The monoisotopic (exact) mass is 754 g/mol. The lowest BCUT2D eigenvalue weighted by atomic mass is 9.70. The first-order valence-electron chi connectivity index (χ1n) is 20.1. The van der Waals surface area contributed by atoms with Crippen molar-refractivity contribution in [3.05, 3.63) is 47.1 Å². The molecule has 10 nitrogen and oxygen atoms in total. The Balaban J connectivity index is 1.59. The molecule has 0 aromatic rings. The van der Waals surface area contributed by atoms with Crippen LogP contribution in [0.3, 0.4) is 0 Å². The van der Waals surface area contributed by atoms with Crippen LogP contribution >= 0.6 is 0 Å². The Morgan fingerprint density at radius 3 is 2.26 bits per heavy atom. The summed E-state index contributed by atoms with van der Waals surface area (Å²) in [5.74, 6) is -2.97. The van der Waals surface area contributed by atoms with Crippen molar-refractivity contribution in [3.8, 4) is 0 Å². The molecule has 1 aliphatic carbocycles. The smallest absolute Gasteiger partial charge is 0.316 e. The summed E-state index contributed by atoms with van der Waals surface area (Å²) in [7, 11) is 0. The molecule has 0 aromatic heterocycles. The maximum atomic E-state index is 14.5. The lowest BCUT2D eigenvalue weighted by Gasteiger charge is -2.51. The van der Waals surface area contributed by atoms with Gasteiger partial charge in [-0.05, 0) is 96.8 Å². The third kappa shape index (κ3) is 8.77. The number of hydrogen-bond acceptors (Lipinski definition) is 10. The first-order chi connectivity index (χ1) is 25.1. The molecule has 4 heterocycles. The van der Waals surface area contributed by atoms with E-state index in [1.165, 1.54) is 0 Å². The molecule has 2 bridgehead atoms. The number of allylic oxidation sites excluding steroid dienone is 2. The van der Waals surface area contributed by atoms with Gasteiger partial charge in [-0.1, -0.05) is 64.5 Å². The molecule has 4 aliphatic heterocycles. The van der Waals surface area contributed by atoms with Crippen LogP contribution in [0.2, 0.25) is 0 Å². The van der Waals surface area contributed by atoms with Gasteiger partial charge in [0, 0.05) is 25.2 Å². The van der Waals surface area contributed by atoms with Gasteiger partial charge in [0.25, 0.3) is 0 Å². The molecule has 3 fully saturated rings. The highest BCUT2D eigenvalue weighted by atomic mass is 16.7. The lowest BCUT2D eigenvalue weighted by Crippen LogP contribution is -2.59. The van der Waals surface area contributed by atoms with Crippen LogP contribution in [0.15, 0.2) is 47.1 Å². The third-order valence-electron chi connectivity index (χ3n) is 12.1. The summed E-state index contributed by atoms with van der Waals surface area (Å²) >= 11 is 0. The second-order valence-electron chi connectivity index (χ2n) is 18.9. The van der Waals surface area contributed by atoms with E-state index in [4.69, 9.17) is 28.4 Å². The van der Waals surface area contributed by atoms with Gasteiger partial charge >= 0.3 is 17.9 Å². The van der Waals surface area contributed by atoms with Gasteiger partial charge in [-0.15, -0.1) is 0 Å². The van der Waals surface area contributed by atoms with Crippen molar-refractivity contribution in [2.75, 3.05) is 6.61 Å². The number of fused-ring (bicyclic) bond motifs is 2. The predicted octanol–water partition coefficient (Wildman–Crippen LogP) is 7.73. The molecule has 10 heteroatoms. The molecule has 302 valence electrons. The summed E-state index contributed by atoms with van der Waals surface area (Å²) in [4.78, 5) is 40.9. The Morgan fingerprint density at radius 2 is 1.63 bits per heavy atom. The maximum absolute atomic E-state index is 14.5. The zero-order valence-electron chi connectivity index (χ0n) is 34.7. The normalized spacial score (nSPS) is 40.9. The van der Waals surface area contributed by atoms with E-state index in [0.717, 1.165) is 18.4 Å². The van der Waals surface area contributed by atoms with Crippen LogP contribution in [0.25, 0.3) is 0 Å². The summed E-state index contributed by atoms with van der Waals surface area (Å²) in [6.45, 7) is 23.2. The van der Waals surface area contributed by atoms with Crippen LogP contribution < -0.4 is 0 Å². The Kier molecular flexibility index (Phi) is 12.5. The average molecular weight is 755 g/mol. The minimum absolute atomic E-state index is 0.00992. The minimum Gasteiger partial charge on any atom is -0.462 e. The van der Waals surface area contributed by atoms with Crippen molar-refractivity contribution < 1.29 is 47.9 Å². The van der Waals surface area contributed by atoms with Crippen molar-refractivity contribution >= 4 is 17.9 Å². The molecule has 0 aromatic carbocycles. The summed E-state index contributed by atoms with van der Waals surface area (Å²) in [6.07, 6.45) is 9.66. The van der Waals surface area contributed by atoms with Crippen LogP contribution in [-0.4, -0.2) is 77.6 Å². The molecule has 5 aliphatic rings. The fourth-order valence-electron chi connectivity index (χ4n) is 8.46. The molecule has 5 rings (SSSR count). The van der Waals surface area contributed by atoms with E-state index in [1.807, 2.05) is 40.7 Å². The number of hydrogen-bond donors (Lipinski definition) is 1. The molecule has 1 spiro atoms. The number of ether oxygens (including phenoxy) is 6. The number of esters is 3. The van der Waals surface area contributed by atoms with E-state index in [-0.39, 0.29) is 30.7 Å². The standard InChI is InChI=1S/C44H66O10/c1-13-25(2)35-28(5)19-20-43(54-35)23-32-22-31(53-43)18-17-27(4)34(51-39(46)41(7,8)9)26(3)15-14-16-30-24-49-37-36(52-40(47)42(10,11)12)29(6)21-33(38(45)50-32)44(30,37)48/h14-17,21,25-26,28,31-37,48H,13,18-20,22-24H2,1-12H3/b15-14+,27-17+,30-16+/t25-,26-,28-,31+,32-,33-,34-,35+,36+,37+,43+,44+/m0/s1. The lowest BCUT2D eigenvalue weighted by molar-refractivity contribution is -0.340. The Hall–Kier alpha value is -2.79. The molecule has 0 amide bonds. The average Bonchev–Trinajstić information content (AvgIpc) is 3.42. The summed E-state index contributed by atoms with van der Waals surface area (Å²) in [6, 6.07) is 0. The van der Waals surface area contributed by atoms with E-state index in [1.54, 1.807) is 45.9 Å². The molecule has 0 radical (unpaired) electrons. The van der Waals surface area contributed by atoms with E-state index in [2.05, 4.69) is 26.8 Å². The van der Waals surface area contributed by atoms with Crippen molar-refractivity contribution in [1.82, 2.24) is 0 Å². The SMILES string of the molecule is CC[C@H](C)[C@H]1O[C@]2(CC[C@@H]1C)C[C@@H]1C[C@@H](C/C=C(\C)[C@@H](OC(=O)C(C)(C)C)[C@@H](C)/C=C/C=C3\CO[C@@H]4[C@H](OC(=O)C(C)(C)C)C(C)=C[C@@H](C(=O)O1)[C@]34O)O2. The highest BCUT2D eigenvalue weighted by molar-refractivity contribution is 5.79. The van der Waals surface area contributed by atoms with Gasteiger partial charge in [0.1, 0.15) is 29.8 Å². The highest BCUT2D eigenvalue weighted by Gasteiger charge is 2.61. The molecule has 54 heavy (non-hydrogen) atoms. The van der Waals surface area contributed by atoms with Gasteiger partial charge in [-0.25, -0.2) is 0 Å². The van der Waals surface area contributed by atoms with E-state index in [9.17, 15) is 19.5 Å². The third-order valence-corrected chi connectivity index (χ3v) is 12.1. The van der Waals surface area contributed by atoms with E-state index < -0.39 is 64.5 Å². The number of carbonyl (C=O) groups excluding carboxylic acids is 3. The Labute approximate surface area is 323 Å². The Morgan fingerprint density at radius 1 is 0.981 bits per heavy atom. The molecule has 0 unspecified atom stereocenters. The van der Waals surface area contributed by atoms with Gasteiger partial charge in [0.2, 0.25) is 0 Å². The Bertz CT molecular complexity index is 1540. The molecule has 3 saturated heterocycles. The molecule has 1 N–H and O–H groups in total. The predicted molar refractivity (Wildman–Crippen MR) is 205 cm³/mol. The largest absolute Gasteiger partial charge is 0.462 e. The van der Waals surface area contributed by atoms with Crippen LogP contribution in [0, 0.1) is 34.5 Å². The van der Waals surface area contributed by atoms with Crippen molar-refractivity contribution in [3.63, 3.8) is 0 Å². The van der Waals surface area contributed by atoms with Gasteiger partial charge in [0.05, 0.1) is 29.6 Å². The first kappa shape index (κ1) is 42.4. The summed E-state index contributed by atoms with van der Waals surface area (Å²) in [5, 5.41) is 12.8. The van der Waals surface area contributed by atoms with Crippen LogP contribution in [0.4, 0.5) is 0 Å². The fraction of sp³-hybridized carbons (Fsp3) is 0.750. The maximum Gasteiger partial charge on any atom is 0.316 e. The minimum atomic E-state index is -1.86. The van der Waals surface area contributed by atoms with Crippen LogP contribution in [0.1, 0.15) is 122 Å². The molecular formula is C44H66O10. The van der Waals surface area contributed by atoms with Gasteiger partial charge in [-0.3, -0.25) is 14.4 Å². The van der Waals surface area contributed by atoms with Gasteiger partial charge in [-0.2, -0.15) is 0 Å². The summed E-state index contributed by atoms with van der Waals surface area (Å²) in [5.41, 5.74) is -1.40. The zero-order valence-corrected chi connectivity index (χ0v) is 34.7. The first-order valence-corrected chi connectivity index (χ1v) is 20.1. The van der Waals surface area contributed by atoms with Crippen LogP contribution in [-0.2, 0) is 42.8 Å².